The average Bonchev–Trinajstić information content (AvgIpc) is 2.99. The van der Waals surface area contributed by atoms with Crippen LogP contribution in [0.25, 0.3) is 0 Å². The van der Waals surface area contributed by atoms with Crippen LogP contribution >= 0.6 is 0 Å². The molecule has 3 heteroatoms. The second-order valence-electron chi connectivity index (χ2n) is 6.10. The Labute approximate surface area is 109 Å². The van der Waals surface area contributed by atoms with Gasteiger partial charge in [-0.15, -0.1) is 0 Å². The average molecular weight is 245 g/mol. The molecule has 2 fully saturated rings. The molecule has 98 valence electrons. The number of hydrogen-bond donors (Lipinski definition) is 1. The Morgan fingerprint density at radius 3 is 2.44 bits per heavy atom. The summed E-state index contributed by atoms with van der Waals surface area (Å²) in [5.74, 6) is 1.55. The zero-order valence-corrected chi connectivity index (χ0v) is 11.3. The molecule has 0 bridgehead atoms. The fourth-order valence-electron chi connectivity index (χ4n) is 3.48. The molecule has 1 heterocycles. The number of aryl methyl sites for hydroxylation is 1. The zero-order valence-electron chi connectivity index (χ0n) is 11.3. The number of rotatable bonds is 2. The predicted molar refractivity (Wildman–Crippen MR) is 72.3 cm³/mol. The van der Waals surface area contributed by atoms with Crippen LogP contribution in [0.15, 0.2) is 6.07 Å². The Balaban J connectivity index is 1.94. The molecule has 0 radical (unpaired) electrons. The summed E-state index contributed by atoms with van der Waals surface area (Å²) in [6.45, 7) is 2.07. The quantitative estimate of drug-likeness (QED) is 0.870. The van der Waals surface area contributed by atoms with Crippen molar-refractivity contribution in [3.63, 3.8) is 0 Å². The third-order valence-corrected chi connectivity index (χ3v) is 4.59. The third kappa shape index (κ3) is 2.16. The zero-order chi connectivity index (χ0) is 12.6. The highest BCUT2D eigenvalue weighted by molar-refractivity contribution is 5.19. The van der Waals surface area contributed by atoms with Gasteiger partial charge in [0.25, 0.3) is 0 Å². The van der Waals surface area contributed by atoms with Gasteiger partial charge in [-0.1, -0.05) is 25.7 Å². The van der Waals surface area contributed by atoms with Gasteiger partial charge in [-0.2, -0.15) is 0 Å². The molecular formula is C15H23N3. The first-order valence-electron chi connectivity index (χ1n) is 7.32. The van der Waals surface area contributed by atoms with Gasteiger partial charge in [-0.25, -0.2) is 9.97 Å². The highest BCUT2D eigenvalue weighted by Crippen LogP contribution is 2.37. The van der Waals surface area contributed by atoms with E-state index in [1.165, 1.54) is 44.2 Å². The number of nitrogens with zero attached hydrogens (tertiary/aromatic N) is 2. The molecule has 0 aromatic carbocycles. The van der Waals surface area contributed by atoms with E-state index < -0.39 is 0 Å². The van der Waals surface area contributed by atoms with E-state index in [0.29, 0.717) is 5.92 Å². The number of hydrogen-bond acceptors (Lipinski definition) is 3. The predicted octanol–water partition coefficient (Wildman–Crippen LogP) is 3.17. The monoisotopic (exact) mass is 245 g/mol. The summed E-state index contributed by atoms with van der Waals surface area (Å²) >= 11 is 0. The Hall–Kier alpha value is -0.960. The van der Waals surface area contributed by atoms with Gasteiger partial charge in [-0.05, 0) is 38.7 Å². The van der Waals surface area contributed by atoms with Crippen molar-refractivity contribution in [1.82, 2.24) is 9.97 Å². The maximum atomic E-state index is 6.49. The fraction of sp³-hybridized carbons (Fsp3) is 0.733. The Morgan fingerprint density at radius 2 is 1.78 bits per heavy atom. The lowest BCUT2D eigenvalue weighted by molar-refractivity contribution is 0.426. The van der Waals surface area contributed by atoms with Crippen molar-refractivity contribution in [3.05, 3.63) is 23.3 Å². The second-order valence-corrected chi connectivity index (χ2v) is 6.10. The normalized spacial score (nSPS) is 23.7. The van der Waals surface area contributed by atoms with E-state index in [-0.39, 0.29) is 5.54 Å². The van der Waals surface area contributed by atoms with Gasteiger partial charge in [0.05, 0.1) is 5.54 Å². The van der Waals surface area contributed by atoms with Crippen LogP contribution in [-0.2, 0) is 5.54 Å². The lowest BCUT2D eigenvalue weighted by atomic mass is 9.96. The van der Waals surface area contributed by atoms with Crippen LogP contribution in [0.4, 0.5) is 0 Å². The molecule has 1 aromatic rings. The summed E-state index contributed by atoms with van der Waals surface area (Å²) < 4.78 is 0. The first-order valence-corrected chi connectivity index (χ1v) is 7.32. The van der Waals surface area contributed by atoms with Gasteiger partial charge in [0.2, 0.25) is 0 Å². The molecule has 1 aromatic heterocycles. The number of nitrogens with two attached hydrogens (primary N) is 1. The topological polar surface area (TPSA) is 51.8 Å². The van der Waals surface area contributed by atoms with Crippen LogP contribution in [0.5, 0.6) is 0 Å². The summed E-state index contributed by atoms with van der Waals surface area (Å²) in [6.07, 6.45) is 9.77. The van der Waals surface area contributed by atoms with E-state index in [2.05, 4.69) is 18.0 Å². The minimum Gasteiger partial charge on any atom is -0.319 e. The second kappa shape index (κ2) is 4.61. The highest BCUT2D eigenvalue weighted by Gasteiger charge is 2.35. The molecule has 3 rings (SSSR count). The highest BCUT2D eigenvalue weighted by atomic mass is 15.0. The van der Waals surface area contributed by atoms with Crippen LogP contribution in [0.1, 0.15) is 74.5 Å². The maximum Gasteiger partial charge on any atom is 0.148 e. The number of aromatic nitrogens is 2. The summed E-state index contributed by atoms with van der Waals surface area (Å²) in [6, 6.07) is 2.16. The smallest absolute Gasteiger partial charge is 0.148 e. The first kappa shape index (κ1) is 12.1. The minimum absolute atomic E-state index is 0.251. The van der Waals surface area contributed by atoms with Crippen molar-refractivity contribution in [1.29, 1.82) is 0 Å². The van der Waals surface area contributed by atoms with E-state index in [0.717, 1.165) is 24.4 Å². The Kier molecular flexibility index (Phi) is 3.10. The molecule has 2 saturated carbocycles. The van der Waals surface area contributed by atoms with E-state index in [9.17, 15) is 0 Å². The molecular weight excluding hydrogens is 222 g/mol. The van der Waals surface area contributed by atoms with Crippen LogP contribution in [-0.4, -0.2) is 9.97 Å². The van der Waals surface area contributed by atoms with Gasteiger partial charge in [0.15, 0.2) is 0 Å². The van der Waals surface area contributed by atoms with E-state index in [1.807, 2.05) is 0 Å². The fourth-order valence-corrected chi connectivity index (χ4v) is 3.48. The SMILES string of the molecule is Cc1cc(C2CCCC2)nc(C2(N)CCCC2)n1. The molecule has 0 aliphatic heterocycles. The van der Waals surface area contributed by atoms with Crippen LogP contribution in [0.3, 0.4) is 0 Å². The van der Waals surface area contributed by atoms with Crippen molar-refractivity contribution in [3.8, 4) is 0 Å². The van der Waals surface area contributed by atoms with Gasteiger partial charge < -0.3 is 5.73 Å². The molecule has 18 heavy (non-hydrogen) atoms. The van der Waals surface area contributed by atoms with Crippen LogP contribution in [0, 0.1) is 6.92 Å². The summed E-state index contributed by atoms with van der Waals surface area (Å²) in [5, 5.41) is 0. The molecule has 2 aliphatic rings. The Morgan fingerprint density at radius 1 is 1.11 bits per heavy atom. The van der Waals surface area contributed by atoms with Gasteiger partial charge >= 0.3 is 0 Å². The minimum atomic E-state index is -0.251. The lowest BCUT2D eigenvalue weighted by Crippen LogP contribution is -2.36. The molecule has 0 saturated heterocycles. The third-order valence-electron chi connectivity index (χ3n) is 4.59. The molecule has 0 unspecified atom stereocenters. The van der Waals surface area contributed by atoms with Crippen LogP contribution in [0.2, 0.25) is 0 Å². The van der Waals surface area contributed by atoms with Crippen molar-refractivity contribution in [2.24, 2.45) is 5.73 Å². The van der Waals surface area contributed by atoms with Gasteiger partial charge in [0, 0.05) is 17.3 Å². The first-order chi connectivity index (χ1) is 8.67. The molecule has 0 amide bonds. The summed E-state index contributed by atoms with van der Waals surface area (Å²) in [5.41, 5.74) is 8.57. The largest absolute Gasteiger partial charge is 0.319 e. The summed E-state index contributed by atoms with van der Waals surface area (Å²) in [7, 11) is 0. The van der Waals surface area contributed by atoms with Crippen molar-refractivity contribution < 1.29 is 0 Å². The lowest BCUT2D eigenvalue weighted by Gasteiger charge is -2.23. The van der Waals surface area contributed by atoms with E-state index >= 15 is 0 Å². The van der Waals surface area contributed by atoms with Crippen molar-refractivity contribution >= 4 is 0 Å². The van der Waals surface area contributed by atoms with E-state index in [1.54, 1.807) is 0 Å². The van der Waals surface area contributed by atoms with Crippen molar-refractivity contribution in [2.75, 3.05) is 0 Å². The Bertz CT molecular complexity index is 429. The molecule has 0 atom stereocenters. The molecule has 2 N–H and O–H groups in total. The standard InChI is InChI=1S/C15H23N3/c1-11-10-13(12-6-2-3-7-12)18-14(17-11)15(16)8-4-5-9-15/h10,12H,2-9,16H2,1H3. The molecule has 2 aliphatic carbocycles. The van der Waals surface area contributed by atoms with Gasteiger partial charge in [0.1, 0.15) is 5.82 Å². The van der Waals surface area contributed by atoms with E-state index in [4.69, 9.17) is 10.7 Å². The molecule has 3 nitrogen and oxygen atoms in total. The summed E-state index contributed by atoms with van der Waals surface area (Å²) in [4.78, 5) is 9.46. The van der Waals surface area contributed by atoms with Gasteiger partial charge in [-0.3, -0.25) is 0 Å². The maximum absolute atomic E-state index is 6.49. The van der Waals surface area contributed by atoms with Crippen LogP contribution < -0.4 is 5.73 Å². The van der Waals surface area contributed by atoms with Crippen molar-refractivity contribution in [2.45, 2.75) is 69.7 Å². The molecule has 0 spiro atoms.